The molecule has 4 heteroatoms. The van der Waals surface area contributed by atoms with Crippen LogP contribution >= 0.6 is 34.8 Å². The van der Waals surface area contributed by atoms with Crippen molar-refractivity contribution in [1.29, 1.82) is 0 Å². The summed E-state index contributed by atoms with van der Waals surface area (Å²) in [5.74, 6) is 0. The predicted octanol–water partition coefficient (Wildman–Crippen LogP) is 7.49. The molecular weight excluding hydrogens is 373 g/mol. The summed E-state index contributed by atoms with van der Waals surface area (Å²) in [4.78, 5) is 4.61. The van der Waals surface area contributed by atoms with E-state index in [9.17, 15) is 0 Å². The molecule has 0 radical (unpaired) electrons. The van der Waals surface area contributed by atoms with E-state index in [1.54, 1.807) is 12.1 Å². The molecule has 0 aromatic heterocycles. The van der Waals surface area contributed by atoms with Gasteiger partial charge in [0, 0.05) is 26.8 Å². The minimum Gasteiger partial charge on any atom is -0.285 e. The van der Waals surface area contributed by atoms with Crippen LogP contribution < -0.4 is 0 Å². The maximum Gasteiger partial charge on any atom is 0.0750 e. The van der Waals surface area contributed by atoms with E-state index >= 15 is 0 Å². The minimum absolute atomic E-state index is 0.169. The molecule has 25 heavy (non-hydrogen) atoms. The van der Waals surface area contributed by atoms with Crippen molar-refractivity contribution < 1.29 is 0 Å². The van der Waals surface area contributed by atoms with Gasteiger partial charge in [-0.15, -0.1) is 0 Å². The Bertz CT molecular complexity index is 881. The van der Waals surface area contributed by atoms with E-state index in [1.165, 1.54) is 5.56 Å². The van der Waals surface area contributed by atoms with Gasteiger partial charge in [0.2, 0.25) is 0 Å². The largest absolute Gasteiger partial charge is 0.285 e. The van der Waals surface area contributed by atoms with E-state index in [0.29, 0.717) is 15.1 Å². The first-order chi connectivity index (χ1) is 12.0. The van der Waals surface area contributed by atoms with E-state index in [4.69, 9.17) is 34.8 Å². The Kier molecular flexibility index (Phi) is 5.80. The first-order valence-electron chi connectivity index (χ1n) is 7.87. The van der Waals surface area contributed by atoms with E-state index in [2.05, 4.69) is 29.3 Å². The molecule has 0 spiro atoms. The molecule has 0 saturated carbocycles. The van der Waals surface area contributed by atoms with Crippen LogP contribution in [0.3, 0.4) is 0 Å². The zero-order chi connectivity index (χ0) is 17.8. The summed E-state index contributed by atoms with van der Waals surface area (Å²) in [5.41, 5.74) is 4.13. The molecule has 0 aliphatic heterocycles. The van der Waals surface area contributed by atoms with Gasteiger partial charge in [-0.25, -0.2) is 0 Å². The molecule has 0 aliphatic rings. The summed E-state index contributed by atoms with van der Waals surface area (Å²) >= 11 is 18.5. The first-order valence-corrected chi connectivity index (χ1v) is 9.01. The average Bonchev–Trinajstić information content (AvgIpc) is 2.60. The van der Waals surface area contributed by atoms with Gasteiger partial charge >= 0.3 is 0 Å². The highest BCUT2D eigenvalue weighted by Gasteiger charge is 2.13. The van der Waals surface area contributed by atoms with Crippen LogP contribution in [-0.2, 0) is 0 Å². The number of nitrogens with zero attached hydrogens (tertiary/aromatic N) is 1. The summed E-state index contributed by atoms with van der Waals surface area (Å²) in [7, 11) is 0. The lowest BCUT2D eigenvalue weighted by molar-refractivity contribution is 0.826. The molecule has 0 amide bonds. The zero-order valence-corrected chi connectivity index (χ0v) is 15.9. The molecule has 3 aromatic carbocycles. The van der Waals surface area contributed by atoms with E-state index < -0.39 is 0 Å². The van der Waals surface area contributed by atoms with Crippen molar-refractivity contribution in [3.63, 3.8) is 0 Å². The molecule has 0 N–H and O–H groups in total. The van der Waals surface area contributed by atoms with Crippen molar-refractivity contribution in [2.24, 2.45) is 4.99 Å². The quantitative estimate of drug-likeness (QED) is 0.410. The van der Waals surface area contributed by atoms with Gasteiger partial charge < -0.3 is 0 Å². The number of rotatable bonds is 4. The fourth-order valence-electron chi connectivity index (χ4n) is 2.65. The van der Waals surface area contributed by atoms with Crippen molar-refractivity contribution in [2.75, 3.05) is 0 Å². The normalized spacial score (nSPS) is 12.5. The van der Waals surface area contributed by atoms with Crippen LogP contribution in [0.15, 0.2) is 71.7 Å². The van der Waals surface area contributed by atoms with Crippen molar-refractivity contribution >= 4 is 41.0 Å². The molecule has 1 unspecified atom stereocenters. The highest BCUT2D eigenvalue weighted by atomic mass is 35.5. The average molecular weight is 389 g/mol. The van der Waals surface area contributed by atoms with Crippen molar-refractivity contribution in [3.05, 3.63) is 92.9 Å². The van der Waals surface area contributed by atoms with Gasteiger partial charge in [-0.2, -0.15) is 0 Å². The van der Waals surface area contributed by atoms with Gasteiger partial charge in [0.25, 0.3) is 0 Å². The van der Waals surface area contributed by atoms with E-state index in [-0.39, 0.29) is 6.04 Å². The Balaban J connectivity index is 1.85. The Labute approximate surface area is 162 Å². The van der Waals surface area contributed by atoms with Crippen LogP contribution in [0.5, 0.6) is 0 Å². The second-order valence-electron chi connectivity index (χ2n) is 5.73. The fraction of sp³-hybridized carbons (Fsp3) is 0.0952. The molecule has 1 nitrogen and oxygen atoms in total. The van der Waals surface area contributed by atoms with Crippen LogP contribution in [0.2, 0.25) is 15.1 Å². The molecule has 0 bridgehead atoms. The molecule has 0 saturated heterocycles. The Morgan fingerprint density at radius 3 is 2.12 bits per heavy atom. The molecule has 126 valence electrons. The SMILES string of the molecule is CC(N=Cc1cccc(-c2ccccc2)c1)c1c(Cl)cc(Cl)cc1Cl. The molecule has 0 aliphatic carbocycles. The van der Waals surface area contributed by atoms with Gasteiger partial charge in [-0.05, 0) is 41.8 Å². The molecular formula is C21H16Cl3N. The van der Waals surface area contributed by atoms with Gasteiger partial charge in [-0.3, -0.25) is 4.99 Å². The van der Waals surface area contributed by atoms with Crippen LogP contribution in [0.1, 0.15) is 24.1 Å². The van der Waals surface area contributed by atoms with Crippen LogP contribution in [0.4, 0.5) is 0 Å². The second kappa shape index (κ2) is 8.05. The van der Waals surface area contributed by atoms with Gasteiger partial charge in [0.15, 0.2) is 0 Å². The minimum atomic E-state index is -0.169. The van der Waals surface area contributed by atoms with Crippen molar-refractivity contribution in [2.45, 2.75) is 13.0 Å². The summed E-state index contributed by atoms with van der Waals surface area (Å²) in [6, 6.07) is 21.7. The van der Waals surface area contributed by atoms with Gasteiger partial charge in [-0.1, -0.05) is 83.3 Å². The number of halogens is 3. The molecule has 1 atom stereocenters. The third-order valence-electron chi connectivity index (χ3n) is 3.90. The summed E-state index contributed by atoms with van der Waals surface area (Å²) in [6.45, 7) is 1.96. The Morgan fingerprint density at radius 2 is 1.44 bits per heavy atom. The highest BCUT2D eigenvalue weighted by molar-refractivity contribution is 6.39. The number of aliphatic imine (C=N–C) groups is 1. The molecule has 0 heterocycles. The first kappa shape index (κ1) is 18.0. The molecule has 0 fully saturated rings. The van der Waals surface area contributed by atoms with Crippen molar-refractivity contribution in [3.8, 4) is 11.1 Å². The van der Waals surface area contributed by atoms with Crippen LogP contribution in [-0.4, -0.2) is 6.21 Å². The third kappa shape index (κ3) is 4.43. The van der Waals surface area contributed by atoms with Gasteiger partial charge in [0.1, 0.15) is 0 Å². The maximum absolute atomic E-state index is 6.27. The summed E-state index contributed by atoms with van der Waals surface area (Å²) in [5, 5.41) is 1.57. The fourth-order valence-corrected chi connectivity index (χ4v) is 3.79. The monoisotopic (exact) mass is 387 g/mol. The van der Waals surface area contributed by atoms with E-state index in [1.807, 2.05) is 43.5 Å². The standard InChI is InChI=1S/C21H16Cl3N/c1-14(21-19(23)11-18(22)12-20(21)24)25-13-15-6-5-9-17(10-15)16-7-3-2-4-8-16/h2-14H,1H3. The summed E-state index contributed by atoms with van der Waals surface area (Å²) < 4.78 is 0. The predicted molar refractivity (Wildman–Crippen MR) is 109 cm³/mol. The number of hydrogen-bond donors (Lipinski definition) is 0. The topological polar surface area (TPSA) is 12.4 Å². The van der Waals surface area contributed by atoms with Crippen molar-refractivity contribution in [1.82, 2.24) is 0 Å². The summed E-state index contributed by atoms with van der Waals surface area (Å²) in [6.07, 6.45) is 1.85. The van der Waals surface area contributed by atoms with Crippen LogP contribution in [0, 0.1) is 0 Å². The lowest BCUT2D eigenvalue weighted by Crippen LogP contribution is -1.94. The maximum atomic E-state index is 6.27. The Morgan fingerprint density at radius 1 is 0.800 bits per heavy atom. The third-order valence-corrected chi connectivity index (χ3v) is 4.75. The highest BCUT2D eigenvalue weighted by Crippen LogP contribution is 2.35. The van der Waals surface area contributed by atoms with Gasteiger partial charge in [0.05, 0.1) is 6.04 Å². The molecule has 3 rings (SSSR count). The lowest BCUT2D eigenvalue weighted by Gasteiger charge is -2.12. The van der Waals surface area contributed by atoms with E-state index in [0.717, 1.165) is 16.7 Å². The smallest absolute Gasteiger partial charge is 0.0750 e. The molecule has 3 aromatic rings. The number of benzene rings is 3. The lowest BCUT2D eigenvalue weighted by atomic mass is 10.0. The Hall–Kier alpha value is -1.80. The number of hydrogen-bond acceptors (Lipinski definition) is 1. The second-order valence-corrected chi connectivity index (χ2v) is 6.98. The zero-order valence-electron chi connectivity index (χ0n) is 13.6. The van der Waals surface area contributed by atoms with Crippen LogP contribution in [0.25, 0.3) is 11.1 Å².